The van der Waals surface area contributed by atoms with Crippen LogP contribution >= 0.6 is 27.5 Å². The summed E-state index contributed by atoms with van der Waals surface area (Å²) in [4.78, 5) is -0.00176. The van der Waals surface area contributed by atoms with Gasteiger partial charge in [0.05, 0.1) is 5.02 Å². The SMILES string of the molecule is Cn1nnnc1-c1cccc(NS(=O)(=O)c2ccc(Br)cc2Cl)c1. The van der Waals surface area contributed by atoms with Crippen LogP contribution in [-0.2, 0) is 17.1 Å². The van der Waals surface area contributed by atoms with E-state index in [0.29, 0.717) is 21.5 Å². The first-order valence-corrected chi connectivity index (χ1v) is 9.33. The number of hydrogen-bond acceptors (Lipinski definition) is 5. The molecule has 2 aromatic carbocycles. The molecular weight excluding hydrogens is 418 g/mol. The number of aryl methyl sites for hydroxylation is 1. The summed E-state index contributed by atoms with van der Waals surface area (Å²) in [6.45, 7) is 0. The summed E-state index contributed by atoms with van der Waals surface area (Å²) in [5.74, 6) is 0.526. The molecule has 0 radical (unpaired) electrons. The summed E-state index contributed by atoms with van der Waals surface area (Å²) in [6, 6.07) is 11.4. The topological polar surface area (TPSA) is 89.8 Å². The molecule has 10 heteroatoms. The predicted molar refractivity (Wildman–Crippen MR) is 94.2 cm³/mol. The normalized spacial score (nSPS) is 11.5. The van der Waals surface area contributed by atoms with E-state index in [1.807, 2.05) is 0 Å². The van der Waals surface area contributed by atoms with Crippen LogP contribution in [0.25, 0.3) is 11.4 Å². The molecule has 1 aromatic heterocycles. The highest BCUT2D eigenvalue weighted by atomic mass is 79.9. The third-order valence-corrected chi connectivity index (χ3v) is 5.53. The molecule has 0 aliphatic heterocycles. The number of nitrogens with zero attached hydrogens (tertiary/aromatic N) is 4. The lowest BCUT2D eigenvalue weighted by molar-refractivity contribution is 0.601. The Labute approximate surface area is 151 Å². The average Bonchev–Trinajstić information content (AvgIpc) is 2.92. The van der Waals surface area contributed by atoms with Crippen molar-refractivity contribution in [1.29, 1.82) is 0 Å². The van der Waals surface area contributed by atoms with Gasteiger partial charge in [-0.25, -0.2) is 13.1 Å². The molecule has 0 aliphatic rings. The van der Waals surface area contributed by atoms with E-state index in [4.69, 9.17) is 11.6 Å². The van der Waals surface area contributed by atoms with Crippen molar-refractivity contribution in [2.75, 3.05) is 4.72 Å². The Kier molecular flexibility index (Phi) is 4.57. The lowest BCUT2D eigenvalue weighted by Crippen LogP contribution is -2.13. The van der Waals surface area contributed by atoms with Crippen LogP contribution in [0.1, 0.15) is 0 Å². The first kappa shape index (κ1) is 16.9. The van der Waals surface area contributed by atoms with E-state index in [2.05, 4.69) is 36.2 Å². The second kappa shape index (κ2) is 6.50. The van der Waals surface area contributed by atoms with Gasteiger partial charge in [-0.05, 0) is 40.8 Å². The first-order chi connectivity index (χ1) is 11.4. The molecule has 1 heterocycles. The zero-order valence-corrected chi connectivity index (χ0v) is 15.5. The third kappa shape index (κ3) is 3.42. The van der Waals surface area contributed by atoms with Gasteiger partial charge in [-0.2, -0.15) is 0 Å². The monoisotopic (exact) mass is 427 g/mol. The van der Waals surface area contributed by atoms with Crippen molar-refractivity contribution in [3.05, 3.63) is 52.0 Å². The van der Waals surface area contributed by atoms with Crippen LogP contribution in [0.3, 0.4) is 0 Å². The van der Waals surface area contributed by atoms with Gasteiger partial charge in [0.15, 0.2) is 5.82 Å². The Morgan fingerprint density at radius 3 is 2.67 bits per heavy atom. The van der Waals surface area contributed by atoms with Gasteiger partial charge in [0.1, 0.15) is 4.90 Å². The lowest BCUT2D eigenvalue weighted by atomic mass is 10.2. The number of aromatic nitrogens is 4. The molecule has 0 amide bonds. The zero-order chi connectivity index (χ0) is 17.3. The molecule has 0 bridgehead atoms. The van der Waals surface area contributed by atoms with Crippen LogP contribution < -0.4 is 4.72 Å². The molecule has 0 atom stereocenters. The molecule has 1 N–H and O–H groups in total. The van der Waals surface area contributed by atoms with Crippen LogP contribution in [0.5, 0.6) is 0 Å². The number of rotatable bonds is 4. The molecule has 24 heavy (non-hydrogen) atoms. The van der Waals surface area contributed by atoms with Crippen molar-refractivity contribution in [2.24, 2.45) is 7.05 Å². The fraction of sp³-hybridized carbons (Fsp3) is 0.0714. The lowest BCUT2D eigenvalue weighted by Gasteiger charge is -2.10. The molecular formula is C14H11BrClN5O2S. The average molecular weight is 429 g/mol. The minimum absolute atomic E-state index is 0.00176. The summed E-state index contributed by atoms with van der Waals surface area (Å²) in [6.07, 6.45) is 0. The zero-order valence-electron chi connectivity index (χ0n) is 12.3. The highest BCUT2D eigenvalue weighted by Gasteiger charge is 2.18. The van der Waals surface area contributed by atoms with Gasteiger partial charge < -0.3 is 0 Å². The number of anilines is 1. The van der Waals surface area contributed by atoms with E-state index in [9.17, 15) is 8.42 Å². The van der Waals surface area contributed by atoms with E-state index in [-0.39, 0.29) is 9.92 Å². The Balaban J connectivity index is 1.95. The minimum Gasteiger partial charge on any atom is -0.280 e. The van der Waals surface area contributed by atoms with E-state index in [0.717, 1.165) is 0 Å². The number of benzene rings is 2. The van der Waals surface area contributed by atoms with E-state index >= 15 is 0 Å². The Morgan fingerprint density at radius 1 is 1.21 bits per heavy atom. The smallest absolute Gasteiger partial charge is 0.263 e. The van der Waals surface area contributed by atoms with Crippen molar-refractivity contribution in [2.45, 2.75) is 4.90 Å². The van der Waals surface area contributed by atoms with Crippen LogP contribution in [-0.4, -0.2) is 28.6 Å². The number of hydrogen-bond donors (Lipinski definition) is 1. The maximum absolute atomic E-state index is 12.5. The quantitative estimate of drug-likeness (QED) is 0.689. The van der Waals surface area contributed by atoms with Gasteiger partial charge in [0, 0.05) is 22.8 Å². The fourth-order valence-electron chi connectivity index (χ4n) is 2.10. The Hall–Kier alpha value is -1.97. The molecule has 0 spiro atoms. The van der Waals surface area contributed by atoms with Crippen LogP contribution in [0.4, 0.5) is 5.69 Å². The van der Waals surface area contributed by atoms with Gasteiger partial charge >= 0.3 is 0 Å². The van der Waals surface area contributed by atoms with Gasteiger partial charge in [0.2, 0.25) is 0 Å². The third-order valence-electron chi connectivity index (χ3n) is 3.18. The number of sulfonamides is 1. The molecule has 0 saturated heterocycles. The molecule has 0 saturated carbocycles. The van der Waals surface area contributed by atoms with Crippen LogP contribution in [0, 0.1) is 0 Å². The maximum atomic E-state index is 12.5. The number of nitrogens with one attached hydrogen (secondary N) is 1. The number of tetrazole rings is 1. The van der Waals surface area contributed by atoms with Crippen LogP contribution in [0.2, 0.25) is 5.02 Å². The maximum Gasteiger partial charge on any atom is 0.263 e. The molecule has 3 aromatic rings. The largest absolute Gasteiger partial charge is 0.280 e. The van der Waals surface area contributed by atoms with Crippen LogP contribution in [0.15, 0.2) is 51.8 Å². The standard InChI is InChI=1S/C14H11BrClN5O2S/c1-21-14(17-19-20-21)9-3-2-4-11(7-9)18-24(22,23)13-6-5-10(15)8-12(13)16/h2-8,18H,1H3. The highest BCUT2D eigenvalue weighted by molar-refractivity contribution is 9.10. The van der Waals surface area contributed by atoms with Crippen molar-refractivity contribution >= 4 is 43.2 Å². The van der Waals surface area contributed by atoms with Crippen molar-refractivity contribution in [3.63, 3.8) is 0 Å². The predicted octanol–water partition coefficient (Wildman–Crippen LogP) is 3.09. The number of halogens is 2. The van der Waals surface area contributed by atoms with E-state index in [1.54, 1.807) is 37.4 Å². The second-order valence-electron chi connectivity index (χ2n) is 4.89. The molecule has 0 unspecified atom stereocenters. The molecule has 124 valence electrons. The first-order valence-electron chi connectivity index (χ1n) is 6.67. The Morgan fingerprint density at radius 2 is 2.00 bits per heavy atom. The Bertz CT molecular complexity index is 1010. The van der Waals surface area contributed by atoms with Gasteiger partial charge in [-0.15, -0.1) is 5.10 Å². The molecule has 0 aliphatic carbocycles. The summed E-state index contributed by atoms with van der Waals surface area (Å²) in [7, 11) is -2.12. The van der Waals surface area contributed by atoms with E-state index < -0.39 is 10.0 Å². The summed E-state index contributed by atoms with van der Waals surface area (Å²) < 4.78 is 29.8. The van der Waals surface area contributed by atoms with Crippen molar-refractivity contribution < 1.29 is 8.42 Å². The van der Waals surface area contributed by atoms with Gasteiger partial charge in [0.25, 0.3) is 10.0 Å². The molecule has 0 fully saturated rings. The summed E-state index contributed by atoms with van der Waals surface area (Å²) in [5, 5.41) is 11.4. The van der Waals surface area contributed by atoms with Crippen molar-refractivity contribution in [3.8, 4) is 11.4 Å². The molecule has 3 rings (SSSR count). The van der Waals surface area contributed by atoms with Gasteiger partial charge in [-0.3, -0.25) is 4.72 Å². The fourth-order valence-corrected chi connectivity index (χ4v) is 4.19. The second-order valence-corrected chi connectivity index (χ2v) is 7.86. The summed E-state index contributed by atoms with van der Waals surface area (Å²) >= 11 is 9.28. The minimum atomic E-state index is -3.82. The van der Waals surface area contributed by atoms with Crippen molar-refractivity contribution in [1.82, 2.24) is 20.2 Å². The van der Waals surface area contributed by atoms with E-state index in [1.165, 1.54) is 16.8 Å². The highest BCUT2D eigenvalue weighted by Crippen LogP contribution is 2.28. The summed E-state index contributed by atoms with van der Waals surface area (Å²) in [5.41, 5.74) is 1.07. The molecule has 7 nitrogen and oxygen atoms in total. The van der Waals surface area contributed by atoms with Gasteiger partial charge in [-0.1, -0.05) is 39.7 Å².